The van der Waals surface area contributed by atoms with E-state index >= 15 is 0 Å². The van der Waals surface area contributed by atoms with Gasteiger partial charge in [0.2, 0.25) is 10.1 Å². The van der Waals surface area contributed by atoms with E-state index in [9.17, 15) is 0 Å². The van der Waals surface area contributed by atoms with Crippen LogP contribution in [0.5, 0.6) is 0 Å². The van der Waals surface area contributed by atoms with E-state index in [4.69, 9.17) is 0 Å². The standard InChI is InChI=1S/C16H20N6S/c1-11-4-3-5-14(18-11)17-8-13-6-7-21(10-13)16-20-22-9-12(2)19-15(22)23-16/h3-5,9,13H,6-8,10H2,1-2H3,(H,17,18)/t13-/m0/s1. The summed E-state index contributed by atoms with van der Waals surface area (Å²) in [5.41, 5.74) is 2.06. The molecule has 1 saturated heterocycles. The Balaban J connectivity index is 1.37. The third kappa shape index (κ3) is 3.01. The Bertz CT molecular complexity index is 791. The Morgan fingerprint density at radius 3 is 3.00 bits per heavy atom. The molecule has 0 aromatic carbocycles. The molecule has 3 aromatic heterocycles. The fourth-order valence-corrected chi connectivity index (χ4v) is 3.95. The molecule has 4 heterocycles. The summed E-state index contributed by atoms with van der Waals surface area (Å²) in [4.78, 5) is 12.3. The predicted molar refractivity (Wildman–Crippen MR) is 93.4 cm³/mol. The van der Waals surface area contributed by atoms with Crippen molar-refractivity contribution in [1.29, 1.82) is 0 Å². The quantitative estimate of drug-likeness (QED) is 0.798. The molecule has 1 aliphatic rings. The van der Waals surface area contributed by atoms with Gasteiger partial charge in [-0.1, -0.05) is 17.4 Å². The molecule has 3 aromatic rings. The average Bonchev–Trinajstić information content (AvgIpc) is 3.19. The minimum absolute atomic E-state index is 0.621. The van der Waals surface area contributed by atoms with Crippen LogP contribution in [0.25, 0.3) is 4.96 Å². The average molecular weight is 328 g/mol. The highest BCUT2D eigenvalue weighted by Gasteiger charge is 2.25. The van der Waals surface area contributed by atoms with E-state index in [2.05, 4.69) is 25.3 Å². The molecule has 1 aliphatic heterocycles. The first kappa shape index (κ1) is 14.4. The summed E-state index contributed by atoms with van der Waals surface area (Å²) < 4.78 is 1.89. The number of imidazole rings is 1. The Hall–Kier alpha value is -2.15. The highest BCUT2D eigenvalue weighted by atomic mass is 32.1. The van der Waals surface area contributed by atoms with E-state index < -0.39 is 0 Å². The maximum absolute atomic E-state index is 4.65. The van der Waals surface area contributed by atoms with Crippen LogP contribution in [0.1, 0.15) is 17.8 Å². The molecule has 0 bridgehead atoms. The van der Waals surface area contributed by atoms with Crippen LogP contribution in [0.4, 0.5) is 10.9 Å². The number of pyridine rings is 1. The topological polar surface area (TPSA) is 58.4 Å². The summed E-state index contributed by atoms with van der Waals surface area (Å²) >= 11 is 1.67. The first-order valence-corrected chi connectivity index (χ1v) is 8.74. The number of hydrogen-bond acceptors (Lipinski definition) is 6. The van der Waals surface area contributed by atoms with Gasteiger partial charge in [0, 0.05) is 25.3 Å². The molecular weight excluding hydrogens is 308 g/mol. The molecule has 0 amide bonds. The molecule has 0 saturated carbocycles. The first-order chi connectivity index (χ1) is 11.2. The maximum Gasteiger partial charge on any atom is 0.214 e. The molecule has 4 rings (SSSR count). The van der Waals surface area contributed by atoms with Crippen molar-refractivity contribution in [3.05, 3.63) is 35.8 Å². The third-order valence-corrected chi connectivity index (χ3v) is 5.15. The highest BCUT2D eigenvalue weighted by molar-refractivity contribution is 7.20. The van der Waals surface area contributed by atoms with Crippen molar-refractivity contribution in [3.63, 3.8) is 0 Å². The zero-order chi connectivity index (χ0) is 15.8. The first-order valence-electron chi connectivity index (χ1n) is 7.93. The predicted octanol–water partition coefficient (Wildman–Crippen LogP) is 2.74. The lowest BCUT2D eigenvalue weighted by atomic mass is 10.1. The second kappa shape index (κ2) is 5.81. The van der Waals surface area contributed by atoms with Crippen molar-refractivity contribution in [2.45, 2.75) is 20.3 Å². The summed E-state index contributed by atoms with van der Waals surface area (Å²) in [5.74, 6) is 1.59. The van der Waals surface area contributed by atoms with Gasteiger partial charge in [0.1, 0.15) is 5.82 Å². The molecule has 0 spiro atoms. The normalized spacial score (nSPS) is 18.0. The van der Waals surface area contributed by atoms with Crippen LogP contribution in [0.15, 0.2) is 24.4 Å². The number of nitrogens with one attached hydrogen (secondary N) is 1. The van der Waals surface area contributed by atoms with Crippen molar-refractivity contribution in [3.8, 4) is 0 Å². The van der Waals surface area contributed by atoms with Crippen molar-refractivity contribution in [2.75, 3.05) is 29.9 Å². The molecule has 0 radical (unpaired) electrons. The summed E-state index contributed by atoms with van der Waals surface area (Å²) in [6.45, 7) is 7.06. The molecule has 120 valence electrons. The Kier molecular flexibility index (Phi) is 3.65. The molecule has 7 heteroatoms. The third-order valence-electron chi connectivity index (χ3n) is 4.17. The van der Waals surface area contributed by atoms with Crippen LogP contribution in [0.3, 0.4) is 0 Å². The van der Waals surface area contributed by atoms with Gasteiger partial charge in [-0.25, -0.2) is 14.5 Å². The smallest absolute Gasteiger partial charge is 0.214 e. The van der Waals surface area contributed by atoms with Crippen molar-refractivity contribution in [2.24, 2.45) is 5.92 Å². The van der Waals surface area contributed by atoms with E-state index in [-0.39, 0.29) is 0 Å². The minimum atomic E-state index is 0.621. The Morgan fingerprint density at radius 1 is 1.26 bits per heavy atom. The van der Waals surface area contributed by atoms with Gasteiger partial charge in [0.15, 0.2) is 0 Å². The van der Waals surface area contributed by atoms with Gasteiger partial charge in [0.25, 0.3) is 0 Å². The van der Waals surface area contributed by atoms with Crippen molar-refractivity contribution in [1.82, 2.24) is 19.6 Å². The van der Waals surface area contributed by atoms with E-state index in [1.807, 2.05) is 42.8 Å². The SMILES string of the molecule is Cc1cccc(NC[C@@H]2CCN(c3nn4cc(C)nc4s3)C2)n1. The van der Waals surface area contributed by atoms with Gasteiger partial charge in [-0.3, -0.25) is 0 Å². The Labute approximate surface area is 139 Å². The van der Waals surface area contributed by atoms with Crippen LogP contribution in [-0.4, -0.2) is 39.2 Å². The minimum Gasteiger partial charge on any atom is -0.370 e. The molecule has 1 N–H and O–H groups in total. The molecule has 1 fully saturated rings. The summed E-state index contributed by atoms with van der Waals surface area (Å²) in [6.07, 6.45) is 3.16. The zero-order valence-electron chi connectivity index (χ0n) is 13.4. The van der Waals surface area contributed by atoms with Gasteiger partial charge in [-0.15, -0.1) is 5.10 Å². The largest absolute Gasteiger partial charge is 0.370 e. The number of anilines is 2. The van der Waals surface area contributed by atoms with Crippen LogP contribution in [0, 0.1) is 19.8 Å². The molecule has 23 heavy (non-hydrogen) atoms. The van der Waals surface area contributed by atoms with Crippen LogP contribution in [-0.2, 0) is 0 Å². The number of aryl methyl sites for hydroxylation is 2. The van der Waals surface area contributed by atoms with Gasteiger partial charge in [-0.05, 0) is 38.3 Å². The maximum atomic E-state index is 4.65. The summed E-state index contributed by atoms with van der Waals surface area (Å²) in [5, 5.41) is 9.17. The second-order valence-electron chi connectivity index (χ2n) is 6.14. The van der Waals surface area contributed by atoms with E-state index in [1.165, 1.54) is 6.42 Å². The number of hydrogen-bond donors (Lipinski definition) is 1. The highest BCUT2D eigenvalue weighted by Crippen LogP contribution is 2.28. The van der Waals surface area contributed by atoms with Crippen molar-refractivity contribution >= 4 is 27.2 Å². The lowest BCUT2D eigenvalue weighted by molar-refractivity contribution is 0.621. The molecule has 0 unspecified atom stereocenters. The molecular formula is C16H20N6S. The van der Waals surface area contributed by atoms with Gasteiger partial charge >= 0.3 is 0 Å². The van der Waals surface area contributed by atoms with Crippen LogP contribution < -0.4 is 10.2 Å². The Morgan fingerprint density at radius 2 is 2.17 bits per heavy atom. The van der Waals surface area contributed by atoms with Crippen molar-refractivity contribution < 1.29 is 0 Å². The lowest BCUT2D eigenvalue weighted by Crippen LogP contribution is -2.22. The summed E-state index contributed by atoms with van der Waals surface area (Å²) in [7, 11) is 0. The number of aromatic nitrogens is 4. The van der Waals surface area contributed by atoms with E-state index in [0.29, 0.717) is 5.92 Å². The fourth-order valence-electron chi connectivity index (χ4n) is 2.99. The monoisotopic (exact) mass is 328 g/mol. The molecule has 6 nitrogen and oxygen atoms in total. The van der Waals surface area contributed by atoms with Crippen LogP contribution >= 0.6 is 11.3 Å². The van der Waals surface area contributed by atoms with E-state index in [1.54, 1.807) is 11.3 Å². The number of nitrogens with zero attached hydrogens (tertiary/aromatic N) is 5. The van der Waals surface area contributed by atoms with Gasteiger partial charge in [-0.2, -0.15) is 0 Å². The zero-order valence-corrected chi connectivity index (χ0v) is 14.2. The fraction of sp³-hybridized carbons (Fsp3) is 0.438. The number of rotatable bonds is 4. The number of fused-ring (bicyclic) bond motifs is 1. The van der Waals surface area contributed by atoms with Gasteiger partial charge < -0.3 is 10.2 Å². The van der Waals surface area contributed by atoms with Crippen LogP contribution in [0.2, 0.25) is 0 Å². The van der Waals surface area contributed by atoms with Gasteiger partial charge in [0.05, 0.1) is 11.9 Å². The summed E-state index contributed by atoms with van der Waals surface area (Å²) in [6, 6.07) is 6.08. The second-order valence-corrected chi connectivity index (χ2v) is 7.07. The molecule has 0 aliphatic carbocycles. The van der Waals surface area contributed by atoms with E-state index in [0.717, 1.165) is 46.9 Å². The lowest BCUT2D eigenvalue weighted by Gasteiger charge is -2.15. The molecule has 1 atom stereocenters.